The molecule has 20 heavy (non-hydrogen) atoms. The SMILES string of the molecule is Cc1cc(N)cc(C)c1NC(=O)Cc1ccc(F)cc1. The van der Waals surface area contributed by atoms with E-state index < -0.39 is 0 Å². The lowest BCUT2D eigenvalue weighted by molar-refractivity contribution is -0.115. The number of nitrogen functional groups attached to an aromatic ring is 1. The van der Waals surface area contributed by atoms with Gasteiger partial charge in [-0.2, -0.15) is 0 Å². The molecule has 0 saturated heterocycles. The number of nitrogens with two attached hydrogens (primary N) is 1. The summed E-state index contributed by atoms with van der Waals surface area (Å²) in [7, 11) is 0. The number of nitrogens with one attached hydrogen (secondary N) is 1. The van der Waals surface area contributed by atoms with Crippen LogP contribution in [0.5, 0.6) is 0 Å². The third kappa shape index (κ3) is 3.35. The van der Waals surface area contributed by atoms with Gasteiger partial charge in [0.15, 0.2) is 0 Å². The molecule has 0 atom stereocenters. The Bertz CT molecular complexity index is 612. The Labute approximate surface area is 117 Å². The summed E-state index contributed by atoms with van der Waals surface area (Å²) in [5.74, 6) is -0.438. The van der Waals surface area contributed by atoms with Crippen LogP contribution in [0.15, 0.2) is 36.4 Å². The first-order valence-corrected chi connectivity index (χ1v) is 6.36. The number of carbonyl (C=O) groups is 1. The predicted molar refractivity (Wildman–Crippen MR) is 79.1 cm³/mol. The molecule has 104 valence electrons. The standard InChI is InChI=1S/C16H17FN2O/c1-10-7-14(18)8-11(2)16(10)19-15(20)9-12-3-5-13(17)6-4-12/h3-8H,9,18H2,1-2H3,(H,19,20). The third-order valence-electron chi connectivity index (χ3n) is 3.10. The van der Waals surface area contributed by atoms with Crippen LogP contribution in [0.1, 0.15) is 16.7 Å². The van der Waals surface area contributed by atoms with Gasteiger partial charge in [0.2, 0.25) is 5.91 Å². The highest BCUT2D eigenvalue weighted by atomic mass is 19.1. The van der Waals surface area contributed by atoms with Crippen LogP contribution in [0.25, 0.3) is 0 Å². The van der Waals surface area contributed by atoms with Crippen molar-refractivity contribution in [2.75, 3.05) is 11.1 Å². The highest BCUT2D eigenvalue weighted by Crippen LogP contribution is 2.23. The first kappa shape index (κ1) is 14.1. The fourth-order valence-corrected chi connectivity index (χ4v) is 2.17. The zero-order chi connectivity index (χ0) is 14.7. The van der Waals surface area contributed by atoms with Gasteiger partial charge < -0.3 is 11.1 Å². The molecule has 0 aliphatic rings. The first-order chi connectivity index (χ1) is 9.45. The molecular formula is C16H17FN2O. The molecule has 0 aromatic heterocycles. The molecule has 0 aliphatic carbocycles. The average Bonchev–Trinajstić information content (AvgIpc) is 2.36. The van der Waals surface area contributed by atoms with E-state index in [1.54, 1.807) is 12.1 Å². The topological polar surface area (TPSA) is 55.1 Å². The fraction of sp³-hybridized carbons (Fsp3) is 0.188. The summed E-state index contributed by atoms with van der Waals surface area (Å²) in [6.07, 6.45) is 0.212. The van der Waals surface area contributed by atoms with Gasteiger partial charge in [-0.3, -0.25) is 4.79 Å². The summed E-state index contributed by atoms with van der Waals surface area (Å²) < 4.78 is 12.8. The van der Waals surface area contributed by atoms with E-state index in [0.717, 1.165) is 22.4 Å². The van der Waals surface area contributed by atoms with Crippen molar-refractivity contribution in [3.8, 4) is 0 Å². The molecule has 0 radical (unpaired) electrons. The molecule has 0 spiro atoms. The normalized spacial score (nSPS) is 10.3. The lowest BCUT2D eigenvalue weighted by Crippen LogP contribution is -2.16. The van der Waals surface area contributed by atoms with E-state index in [1.165, 1.54) is 12.1 Å². The quantitative estimate of drug-likeness (QED) is 0.843. The summed E-state index contributed by atoms with van der Waals surface area (Å²) in [6.45, 7) is 3.80. The highest BCUT2D eigenvalue weighted by Gasteiger charge is 2.09. The van der Waals surface area contributed by atoms with Crippen molar-refractivity contribution in [3.63, 3.8) is 0 Å². The van der Waals surface area contributed by atoms with Crippen molar-refractivity contribution in [3.05, 3.63) is 58.9 Å². The molecule has 2 aromatic rings. The van der Waals surface area contributed by atoms with E-state index in [0.29, 0.717) is 5.69 Å². The number of hydrogen-bond acceptors (Lipinski definition) is 2. The summed E-state index contributed by atoms with van der Waals surface area (Å²) in [5, 5.41) is 2.88. The average molecular weight is 272 g/mol. The number of carbonyl (C=O) groups excluding carboxylic acids is 1. The maximum Gasteiger partial charge on any atom is 0.228 e. The van der Waals surface area contributed by atoms with Crippen LogP contribution in [0.3, 0.4) is 0 Å². The molecule has 3 N–H and O–H groups in total. The Kier molecular flexibility index (Phi) is 4.03. The molecule has 0 saturated carbocycles. The van der Waals surface area contributed by atoms with E-state index in [1.807, 2.05) is 26.0 Å². The number of benzene rings is 2. The van der Waals surface area contributed by atoms with Crippen LogP contribution in [0.4, 0.5) is 15.8 Å². The molecule has 0 unspecified atom stereocenters. The maximum atomic E-state index is 12.8. The molecule has 0 bridgehead atoms. The number of hydrogen-bond donors (Lipinski definition) is 2. The molecule has 2 rings (SSSR count). The van der Waals surface area contributed by atoms with Crippen molar-refractivity contribution < 1.29 is 9.18 Å². The minimum absolute atomic E-state index is 0.132. The van der Waals surface area contributed by atoms with Gasteiger partial charge in [0.25, 0.3) is 0 Å². The molecule has 1 amide bonds. The van der Waals surface area contributed by atoms with Gasteiger partial charge in [-0.1, -0.05) is 12.1 Å². The van der Waals surface area contributed by atoms with E-state index >= 15 is 0 Å². The molecule has 0 fully saturated rings. The Morgan fingerprint density at radius 3 is 2.25 bits per heavy atom. The van der Waals surface area contributed by atoms with Crippen LogP contribution in [0.2, 0.25) is 0 Å². The molecule has 0 aliphatic heterocycles. The van der Waals surface area contributed by atoms with E-state index in [9.17, 15) is 9.18 Å². The first-order valence-electron chi connectivity index (χ1n) is 6.36. The smallest absolute Gasteiger partial charge is 0.228 e. The Morgan fingerprint density at radius 1 is 1.15 bits per heavy atom. The van der Waals surface area contributed by atoms with Crippen LogP contribution >= 0.6 is 0 Å². The van der Waals surface area contributed by atoms with Gasteiger partial charge >= 0.3 is 0 Å². The molecule has 4 heteroatoms. The number of anilines is 2. The predicted octanol–water partition coefficient (Wildman–Crippen LogP) is 3.21. The highest BCUT2D eigenvalue weighted by molar-refractivity contribution is 5.94. The second-order valence-corrected chi connectivity index (χ2v) is 4.88. The van der Waals surface area contributed by atoms with E-state index in [2.05, 4.69) is 5.32 Å². The van der Waals surface area contributed by atoms with Crippen LogP contribution in [-0.4, -0.2) is 5.91 Å². The number of aryl methyl sites for hydroxylation is 2. The number of amides is 1. The Hall–Kier alpha value is -2.36. The van der Waals surface area contributed by atoms with E-state index in [-0.39, 0.29) is 18.1 Å². The molecule has 0 heterocycles. The fourth-order valence-electron chi connectivity index (χ4n) is 2.17. The van der Waals surface area contributed by atoms with Crippen molar-refractivity contribution in [2.24, 2.45) is 0 Å². The largest absolute Gasteiger partial charge is 0.399 e. The van der Waals surface area contributed by atoms with Crippen LogP contribution < -0.4 is 11.1 Å². The minimum Gasteiger partial charge on any atom is -0.399 e. The van der Waals surface area contributed by atoms with Gasteiger partial charge in [-0.25, -0.2) is 4.39 Å². The van der Waals surface area contributed by atoms with Crippen molar-refractivity contribution in [1.29, 1.82) is 0 Å². The summed E-state index contributed by atoms with van der Waals surface area (Å²) in [6, 6.07) is 9.56. The second-order valence-electron chi connectivity index (χ2n) is 4.88. The molecular weight excluding hydrogens is 255 g/mol. The van der Waals surface area contributed by atoms with Gasteiger partial charge in [-0.15, -0.1) is 0 Å². The van der Waals surface area contributed by atoms with E-state index in [4.69, 9.17) is 5.73 Å². The third-order valence-corrected chi connectivity index (χ3v) is 3.10. The zero-order valence-electron chi connectivity index (χ0n) is 11.5. The molecule has 2 aromatic carbocycles. The number of halogens is 1. The van der Waals surface area contributed by atoms with Gasteiger partial charge in [0.1, 0.15) is 5.82 Å². The van der Waals surface area contributed by atoms with Gasteiger partial charge in [-0.05, 0) is 54.8 Å². The number of rotatable bonds is 3. The maximum absolute atomic E-state index is 12.8. The van der Waals surface area contributed by atoms with Crippen molar-refractivity contribution >= 4 is 17.3 Å². The zero-order valence-corrected chi connectivity index (χ0v) is 11.5. The lowest BCUT2D eigenvalue weighted by atomic mass is 10.1. The summed E-state index contributed by atoms with van der Waals surface area (Å²) >= 11 is 0. The van der Waals surface area contributed by atoms with Crippen LogP contribution in [0, 0.1) is 19.7 Å². The van der Waals surface area contributed by atoms with Gasteiger partial charge in [0.05, 0.1) is 6.42 Å². The monoisotopic (exact) mass is 272 g/mol. The van der Waals surface area contributed by atoms with Gasteiger partial charge in [0, 0.05) is 11.4 Å². The molecule has 3 nitrogen and oxygen atoms in total. The summed E-state index contributed by atoms with van der Waals surface area (Å²) in [4.78, 5) is 12.0. The summed E-state index contributed by atoms with van der Waals surface area (Å²) in [5.41, 5.74) is 9.83. The minimum atomic E-state index is -0.306. The Morgan fingerprint density at radius 2 is 1.70 bits per heavy atom. The van der Waals surface area contributed by atoms with Crippen LogP contribution in [-0.2, 0) is 11.2 Å². The van der Waals surface area contributed by atoms with Crippen molar-refractivity contribution in [2.45, 2.75) is 20.3 Å². The Balaban J connectivity index is 2.10. The second kappa shape index (κ2) is 5.74. The lowest BCUT2D eigenvalue weighted by Gasteiger charge is -2.12. The van der Waals surface area contributed by atoms with Crippen molar-refractivity contribution in [1.82, 2.24) is 0 Å².